The average molecular weight is 449 g/mol. The van der Waals surface area contributed by atoms with E-state index in [1.54, 1.807) is 0 Å². The minimum Gasteiger partial charge on any atom is -0.493 e. The molecular formula is C26H32N4O3. The van der Waals surface area contributed by atoms with E-state index in [4.69, 9.17) is 14.9 Å². The second-order valence-corrected chi connectivity index (χ2v) is 8.92. The zero-order chi connectivity index (χ0) is 22.6. The smallest absolute Gasteiger partial charge is 0.316 e. The molecule has 3 N–H and O–H groups in total. The average Bonchev–Trinajstić information content (AvgIpc) is 3.18. The number of unbranched alkanes of at least 4 members (excludes halogenated alkanes) is 1. The number of urea groups is 1. The summed E-state index contributed by atoms with van der Waals surface area (Å²) >= 11 is 0. The van der Waals surface area contributed by atoms with Crippen LogP contribution in [0.15, 0.2) is 46.9 Å². The van der Waals surface area contributed by atoms with Gasteiger partial charge in [-0.1, -0.05) is 12.1 Å². The van der Waals surface area contributed by atoms with Gasteiger partial charge in [0, 0.05) is 43.7 Å². The number of aryl methyl sites for hydroxylation is 2. The summed E-state index contributed by atoms with van der Waals surface area (Å²) < 4.78 is 11.7. The van der Waals surface area contributed by atoms with Crippen LogP contribution in [0.4, 0.5) is 16.2 Å². The van der Waals surface area contributed by atoms with Gasteiger partial charge < -0.3 is 25.1 Å². The van der Waals surface area contributed by atoms with Gasteiger partial charge >= 0.3 is 6.03 Å². The van der Waals surface area contributed by atoms with E-state index in [-0.39, 0.29) is 0 Å². The number of nitrogens with two attached hydrogens (primary N) is 1. The number of nitrogens with zero attached hydrogens (tertiary/aromatic N) is 2. The number of primary amides is 1. The number of carbonyl (C=O) groups excluding carboxylic acids is 1. The number of carbonyl (C=O) groups is 1. The van der Waals surface area contributed by atoms with Crippen molar-refractivity contribution in [2.24, 2.45) is 5.73 Å². The van der Waals surface area contributed by atoms with Gasteiger partial charge in [-0.3, -0.25) is 4.90 Å². The van der Waals surface area contributed by atoms with Crippen LogP contribution < -0.4 is 20.7 Å². The zero-order valence-corrected chi connectivity index (χ0v) is 19.0. The van der Waals surface area contributed by atoms with Crippen molar-refractivity contribution in [3.8, 4) is 5.75 Å². The Labute approximate surface area is 194 Å². The number of rotatable bonds is 7. The minimum atomic E-state index is -0.563. The molecule has 2 aliphatic rings. The van der Waals surface area contributed by atoms with E-state index in [0.29, 0.717) is 5.69 Å². The fourth-order valence-electron chi connectivity index (χ4n) is 4.93. The highest BCUT2D eigenvalue weighted by Gasteiger charge is 2.20. The van der Waals surface area contributed by atoms with Crippen molar-refractivity contribution < 1.29 is 13.9 Å². The Hall–Kier alpha value is -3.19. The summed E-state index contributed by atoms with van der Waals surface area (Å²) in [6, 6.07) is 13.8. The first-order valence-corrected chi connectivity index (χ1v) is 12.0. The molecule has 0 bridgehead atoms. The van der Waals surface area contributed by atoms with Gasteiger partial charge in [0.15, 0.2) is 0 Å². The lowest BCUT2D eigenvalue weighted by atomic mass is 10.0. The van der Waals surface area contributed by atoms with Gasteiger partial charge in [0.25, 0.3) is 0 Å². The van der Waals surface area contributed by atoms with Crippen LogP contribution in [0.2, 0.25) is 0 Å². The fourth-order valence-corrected chi connectivity index (χ4v) is 4.93. The van der Waals surface area contributed by atoms with Gasteiger partial charge in [0.1, 0.15) is 17.1 Å². The van der Waals surface area contributed by atoms with Crippen LogP contribution in [-0.2, 0) is 12.8 Å². The van der Waals surface area contributed by atoms with E-state index in [1.807, 2.05) is 24.3 Å². The summed E-state index contributed by atoms with van der Waals surface area (Å²) in [5, 5.41) is 3.65. The number of ether oxygens (including phenoxy) is 1. The predicted molar refractivity (Wildman–Crippen MR) is 131 cm³/mol. The van der Waals surface area contributed by atoms with Crippen molar-refractivity contribution >= 4 is 28.4 Å². The number of hydrogen-bond acceptors (Lipinski definition) is 5. The lowest BCUT2D eigenvalue weighted by Crippen LogP contribution is -2.46. The number of fused-ring (bicyclic) bond motifs is 2. The van der Waals surface area contributed by atoms with Crippen molar-refractivity contribution in [1.82, 2.24) is 4.90 Å². The van der Waals surface area contributed by atoms with E-state index in [0.717, 1.165) is 93.9 Å². The monoisotopic (exact) mass is 448 g/mol. The Bertz CT molecular complexity index is 1120. The van der Waals surface area contributed by atoms with E-state index in [9.17, 15) is 4.79 Å². The van der Waals surface area contributed by atoms with Crippen LogP contribution in [0.3, 0.4) is 0 Å². The van der Waals surface area contributed by atoms with E-state index < -0.39 is 6.03 Å². The lowest BCUT2D eigenvalue weighted by Gasteiger charge is -2.36. The molecule has 0 spiro atoms. The first-order valence-electron chi connectivity index (χ1n) is 12.0. The zero-order valence-electron chi connectivity index (χ0n) is 19.0. The Kier molecular flexibility index (Phi) is 6.39. The number of furan rings is 1. The number of benzene rings is 2. The summed E-state index contributed by atoms with van der Waals surface area (Å²) in [7, 11) is 0. The van der Waals surface area contributed by atoms with Crippen LogP contribution in [0.5, 0.6) is 5.75 Å². The van der Waals surface area contributed by atoms with Crippen LogP contribution >= 0.6 is 0 Å². The molecule has 3 aromatic rings. The van der Waals surface area contributed by atoms with Gasteiger partial charge in [0.2, 0.25) is 0 Å². The Morgan fingerprint density at radius 2 is 1.91 bits per heavy atom. The summed E-state index contributed by atoms with van der Waals surface area (Å²) in [6.07, 6.45) is 5.09. The molecule has 7 heteroatoms. The summed E-state index contributed by atoms with van der Waals surface area (Å²) in [6.45, 7) is 6.17. The van der Waals surface area contributed by atoms with Crippen LogP contribution in [0.25, 0.3) is 11.0 Å². The van der Waals surface area contributed by atoms with Crippen molar-refractivity contribution in [1.29, 1.82) is 0 Å². The van der Waals surface area contributed by atoms with E-state index in [1.165, 1.54) is 11.3 Å². The van der Waals surface area contributed by atoms with Crippen molar-refractivity contribution in [2.45, 2.75) is 32.1 Å². The highest BCUT2D eigenvalue weighted by atomic mass is 16.5. The standard InChI is InChI=1S/C26H32N4O3/c27-26(31)28-25-21-7-1-2-8-23(21)33-24(25)9-3-4-12-29-13-15-30(16-14-29)20-10-11-22-19(18-20)6-5-17-32-22/h1-2,7-8,10-11,18H,3-6,9,12-17H2,(H3,27,28,31). The van der Waals surface area contributed by atoms with Crippen molar-refractivity contribution in [2.75, 3.05) is 49.5 Å². The Morgan fingerprint density at radius 3 is 2.76 bits per heavy atom. The molecule has 0 atom stereocenters. The number of anilines is 2. The highest BCUT2D eigenvalue weighted by molar-refractivity contribution is 6.00. The molecule has 2 aliphatic heterocycles. The molecule has 7 nitrogen and oxygen atoms in total. The van der Waals surface area contributed by atoms with E-state index in [2.05, 4.69) is 33.3 Å². The number of para-hydroxylation sites is 1. The number of hydrogen-bond donors (Lipinski definition) is 2. The first kappa shape index (κ1) is 21.6. The molecule has 0 radical (unpaired) electrons. The first-order chi connectivity index (χ1) is 16.2. The molecule has 2 amide bonds. The maximum absolute atomic E-state index is 11.5. The fraction of sp³-hybridized carbons (Fsp3) is 0.423. The molecule has 1 saturated heterocycles. The van der Waals surface area contributed by atoms with Gasteiger partial charge in [-0.2, -0.15) is 0 Å². The molecule has 2 aromatic carbocycles. The molecule has 0 saturated carbocycles. The topological polar surface area (TPSA) is 84.0 Å². The lowest BCUT2D eigenvalue weighted by molar-refractivity contribution is 0.252. The highest BCUT2D eigenvalue weighted by Crippen LogP contribution is 2.32. The van der Waals surface area contributed by atoms with Crippen LogP contribution in [0.1, 0.15) is 30.6 Å². The molecule has 0 unspecified atom stereocenters. The summed E-state index contributed by atoms with van der Waals surface area (Å²) in [5.41, 5.74) is 9.53. The normalized spacial score (nSPS) is 16.4. The third-order valence-electron chi connectivity index (χ3n) is 6.67. The second-order valence-electron chi connectivity index (χ2n) is 8.92. The predicted octanol–water partition coefficient (Wildman–Crippen LogP) is 4.39. The van der Waals surface area contributed by atoms with Crippen LogP contribution in [0, 0.1) is 0 Å². The van der Waals surface area contributed by atoms with Gasteiger partial charge in [-0.05, 0) is 68.1 Å². The third-order valence-corrected chi connectivity index (χ3v) is 6.67. The quantitative estimate of drug-likeness (QED) is 0.524. The molecule has 174 valence electrons. The summed E-state index contributed by atoms with van der Waals surface area (Å²) in [5.74, 6) is 1.86. The number of nitrogens with one attached hydrogen (secondary N) is 1. The number of piperazine rings is 1. The second kappa shape index (κ2) is 9.75. The molecule has 3 heterocycles. The molecule has 0 aliphatic carbocycles. The van der Waals surface area contributed by atoms with Gasteiger partial charge in [0.05, 0.1) is 12.3 Å². The van der Waals surface area contributed by atoms with Gasteiger partial charge in [-0.15, -0.1) is 0 Å². The Morgan fingerprint density at radius 1 is 1.06 bits per heavy atom. The SMILES string of the molecule is NC(=O)Nc1c(CCCCN2CCN(c3ccc4c(c3)CCCO4)CC2)oc2ccccc12. The molecule has 1 fully saturated rings. The molecule has 1 aromatic heterocycles. The molecule has 33 heavy (non-hydrogen) atoms. The maximum atomic E-state index is 11.5. The summed E-state index contributed by atoms with van der Waals surface area (Å²) in [4.78, 5) is 16.5. The third kappa shape index (κ3) is 4.93. The van der Waals surface area contributed by atoms with Crippen LogP contribution in [-0.4, -0.2) is 50.3 Å². The molecular weight excluding hydrogens is 416 g/mol. The minimum absolute atomic E-state index is 0.563. The van der Waals surface area contributed by atoms with Crippen molar-refractivity contribution in [3.05, 3.63) is 53.8 Å². The molecule has 5 rings (SSSR count). The maximum Gasteiger partial charge on any atom is 0.316 e. The van der Waals surface area contributed by atoms with E-state index >= 15 is 0 Å². The van der Waals surface area contributed by atoms with Gasteiger partial charge in [-0.25, -0.2) is 4.79 Å². The largest absolute Gasteiger partial charge is 0.493 e. The van der Waals surface area contributed by atoms with Crippen molar-refractivity contribution in [3.63, 3.8) is 0 Å². The number of amides is 2. The Balaban J connectivity index is 1.10.